The van der Waals surface area contributed by atoms with Crippen molar-refractivity contribution < 1.29 is 9.84 Å². The predicted molar refractivity (Wildman–Crippen MR) is 66.6 cm³/mol. The van der Waals surface area contributed by atoms with Crippen LogP contribution in [0.25, 0.3) is 0 Å². The van der Waals surface area contributed by atoms with Gasteiger partial charge in [0, 0.05) is 25.2 Å². The normalized spacial score (nSPS) is 25.3. The maximum absolute atomic E-state index is 9.27. The highest BCUT2D eigenvalue weighted by molar-refractivity contribution is 4.74. The molecule has 3 nitrogen and oxygen atoms in total. The lowest BCUT2D eigenvalue weighted by Gasteiger charge is -2.27. The van der Waals surface area contributed by atoms with E-state index in [4.69, 9.17) is 4.74 Å². The minimum atomic E-state index is 0.0351. The number of aliphatic hydroxyl groups is 1. The first kappa shape index (κ1) is 13.9. The largest absolute Gasteiger partial charge is 0.396 e. The first-order chi connectivity index (χ1) is 7.70. The molecule has 2 atom stereocenters. The summed E-state index contributed by atoms with van der Waals surface area (Å²) < 4.78 is 5.67. The topological polar surface area (TPSA) is 41.5 Å². The van der Waals surface area contributed by atoms with E-state index in [9.17, 15) is 5.11 Å². The Morgan fingerprint density at radius 3 is 2.81 bits per heavy atom. The molecule has 0 saturated carbocycles. The fraction of sp³-hybridized carbons (Fsp3) is 1.00. The van der Waals surface area contributed by atoms with Crippen LogP contribution < -0.4 is 5.32 Å². The molecule has 1 heterocycles. The van der Waals surface area contributed by atoms with Gasteiger partial charge in [0.05, 0.1) is 6.10 Å². The van der Waals surface area contributed by atoms with Gasteiger partial charge in [-0.05, 0) is 38.6 Å². The van der Waals surface area contributed by atoms with Crippen LogP contribution in [0.15, 0.2) is 0 Å². The van der Waals surface area contributed by atoms with Crippen molar-refractivity contribution in [3.63, 3.8) is 0 Å². The van der Waals surface area contributed by atoms with Gasteiger partial charge in [0.1, 0.15) is 0 Å². The van der Waals surface area contributed by atoms with Crippen molar-refractivity contribution in [1.82, 2.24) is 5.32 Å². The summed E-state index contributed by atoms with van der Waals surface area (Å²) >= 11 is 0. The summed E-state index contributed by atoms with van der Waals surface area (Å²) in [7, 11) is 0. The number of aliphatic hydroxyl groups excluding tert-OH is 1. The quantitative estimate of drug-likeness (QED) is 0.656. The summed E-state index contributed by atoms with van der Waals surface area (Å²) in [5, 5.41) is 12.7. The highest BCUT2D eigenvalue weighted by Crippen LogP contribution is 2.19. The van der Waals surface area contributed by atoms with Crippen LogP contribution in [-0.2, 0) is 4.74 Å². The summed E-state index contributed by atoms with van der Waals surface area (Å²) in [6, 6.07) is 0. The molecule has 1 rings (SSSR count). The monoisotopic (exact) mass is 229 g/mol. The second-order valence-electron chi connectivity index (χ2n) is 5.28. The van der Waals surface area contributed by atoms with Crippen LogP contribution in [0.5, 0.6) is 0 Å². The molecule has 1 aliphatic heterocycles. The lowest BCUT2D eigenvalue weighted by atomic mass is 9.88. The zero-order chi connectivity index (χ0) is 11.9. The van der Waals surface area contributed by atoms with Crippen LogP contribution in [0.4, 0.5) is 0 Å². The molecule has 16 heavy (non-hydrogen) atoms. The summed E-state index contributed by atoms with van der Waals surface area (Å²) in [4.78, 5) is 0. The predicted octanol–water partition coefficient (Wildman–Crippen LogP) is 1.94. The van der Waals surface area contributed by atoms with Crippen LogP contribution in [0.1, 0.15) is 46.0 Å². The van der Waals surface area contributed by atoms with Gasteiger partial charge in [0.25, 0.3) is 0 Å². The van der Waals surface area contributed by atoms with Crippen LogP contribution in [0, 0.1) is 5.41 Å². The van der Waals surface area contributed by atoms with E-state index in [0.29, 0.717) is 6.10 Å². The number of hydrogen-bond donors (Lipinski definition) is 2. The average Bonchev–Trinajstić information content (AvgIpc) is 2.36. The van der Waals surface area contributed by atoms with Crippen LogP contribution in [0.3, 0.4) is 0 Å². The van der Waals surface area contributed by atoms with Crippen molar-refractivity contribution in [3.8, 4) is 0 Å². The van der Waals surface area contributed by atoms with Gasteiger partial charge in [0.2, 0.25) is 0 Å². The summed E-state index contributed by atoms with van der Waals surface area (Å²) in [6.07, 6.45) is 6.33. The Balaban J connectivity index is 2.06. The van der Waals surface area contributed by atoms with Crippen LogP contribution >= 0.6 is 0 Å². The third-order valence-electron chi connectivity index (χ3n) is 3.70. The van der Waals surface area contributed by atoms with Crippen LogP contribution in [0.2, 0.25) is 0 Å². The van der Waals surface area contributed by atoms with Gasteiger partial charge in [-0.3, -0.25) is 0 Å². The number of rotatable bonds is 7. The van der Waals surface area contributed by atoms with Crippen molar-refractivity contribution in [2.24, 2.45) is 5.41 Å². The number of ether oxygens (including phenoxy) is 1. The molecule has 0 aromatic heterocycles. The van der Waals surface area contributed by atoms with Gasteiger partial charge in [-0.15, -0.1) is 0 Å². The highest BCUT2D eigenvalue weighted by atomic mass is 16.5. The molecule has 2 N–H and O–H groups in total. The molecule has 0 spiro atoms. The van der Waals surface area contributed by atoms with Crippen molar-refractivity contribution in [1.29, 1.82) is 0 Å². The average molecular weight is 229 g/mol. The first-order valence-electron chi connectivity index (χ1n) is 6.63. The van der Waals surface area contributed by atoms with Crippen molar-refractivity contribution in [2.75, 3.05) is 26.3 Å². The van der Waals surface area contributed by atoms with Gasteiger partial charge in [-0.2, -0.15) is 0 Å². The molecule has 1 aliphatic rings. The first-order valence-corrected chi connectivity index (χ1v) is 6.63. The van der Waals surface area contributed by atoms with E-state index in [1.807, 2.05) is 0 Å². The standard InChI is InChI=1S/C13H27NO2/c1-3-13(2,11-15)10-14-8-7-12-6-4-5-9-16-12/h12,14-15H,3-11H2,1-2H3. The second kappa shape index (κ2) is 7.25. The summed E-state index contributed by atoms with van der Waals surface area (Å²) in [5.41, 5.74) is 0.0351. The molecule has 0 amide bonds. The van der Waals surface area contributed by atoms with Crippen LogP contribution in [-0.4, -0.2) is 37.5 Å². The minimum absolute atomic E-state index is 0.0351. The van der Waals surface area contributed by atoms with E-state index in [1.54, 1.807) is 0 Å². The smallest absolute Gasteiger partial charge is 0.0587 e. The molecule has 96 valence electrons. The molecular weight excluding hydrogens is 202 g/mol. The fourth-order valence-electron chi connectivity index (χ4n) is 1.98. The highest BCUT2D eigenvalue weighted by Gasteiger charge is 2.20. The summed E-state index contributed by atoms with van der Waals surface area (Å²) in [6.45, 7) is 7.34. The van der Waals surface area contributed by atoms with E-state index in [-0.39, 0.29) is 12.0 Å². The van der Waals surface area contributed by atoms with Gasteiger partial charge >= 0.3 is 0 Å². The Kier molecular flexibility index (Phi) is 6.32. The Morgan fingerprint density at radius 1 is 1.44 bits per heavy atom. The third kappa shape index (κ3) is 4.81. The van der Waals surface area contributed by atoms with E-state index < -0.39 is 0 Å². The van der Waals surface area contributed by atoms with Gasteiger partial charge in [0.15, 0.2) is 0 Å². The minimum Gasteiger partial charge on any atom is -0.396 e. The van der Waals surface area contributed by atoms with Crippen molar-refractivity contribution >= 4 is 0 Å². The molecular formula is C13H27NO2. The Morgan fingerprint density at radius 2 is 2.25 bits per heavy atom. The molecule has 0 bridgehead atoms. The van der Waals surface area contributed by atoms with E-state index >= 15 is 0 Å². The van der Waals surface area contributed by atoms with Crippen molar-refractivity contribution in [3.05, 3.63) is 0 Å². The Bertz CT molecular complexity index is 175. The molecule has 0 aromatic rings. The number of nitrogens with one attached hydrogen (secondary N) is 1. The summed E-state index contributed by atoms with van der Waals surface area (Å²) in [5.74, 6) is 0. The molecule has 0 aliphatic carbocycles. The maximum Gasteiger partial charge on any atom is 0.0587 e. The Labute approximate surface area is 99.6 Å². The molecule has 3 heteroatoms. The number of hydrogen-bond acceptors (Lipinski definition) is 3. The molecule has 1 saturated heterocycles. The van der Waals surface area contributed by atoms with E-state index in [0.717, 1.165) is 32.5 Å². The van der Waals surface area contributed by atoms with Gasteiger partial charge in [-0.25, -0.2) is 0 Å². The molecule has 1 fully saturated rings. The van der Waals surface area contributed by atoms with Crippen molar-refractivity contribution in [2.45, 2.75) is 52.1 Å². The fourth-order valence-corrected chi connectivity index (χ4v) is 1.98. The molecule has 0 aromatic carbocycles. The SMILES string of the molecule is CCC(C)(CO)CNCCC1CCCCO1. The lowest BCUT2D eigenvalue weighted by molar-refractivity contribution is 0.0109. The van der Waals surface area contributed by atoms with Gasteiger partial charge < -0.3 is 15.2 Å². The maximum atomic E-state index is 9.27. The lowest BCUT2D eigenvalue weighted by Crippen LogP contribution is -2.36. The Hall–Kier alpha value is -0.120. The second-order valence-corrected chi connectivity index (χ2v) is 5.28. The van der Waals surface area contributed by atoms with E-state index in [1.165, 1.54) is 19.3 Å². The van der Waals surface area contributed by atoms with Gasteiger partial charge in [-0.1, -0.05) is 13.8 Å². The van der Waals surface area contributed by atoms with E-state index in [2.05, 4.69) is 19.2 Å². The third-order valence-corrected chi connectivity index (χ3v) is 3.70. The zero-order valence-electron chi connectivity index (χ0n) is 10.8. The zero-order valence-corrected chi connectivity index (χ0v) is 10.8. The molecule has 0 radical (unpaired) electrons. The molecule has 2 unspecified atom stereocenters.